The van der Waals surface area contributed by atoms with Gasteiger partial charge in [-0.2, -0.15) is 0 Å². The van der Waals surface area contributed by atoms with Crippen LogP contribution in [-0.2, 0) is 14.4 Å². The van der Waals surface area contributed by atoms with Gasteiger partial charge in [-0.25, -0.2) is 0 Å². The summed E-state index contributed by atoms with van der Waals surface area (Å²) in [5, 5.41) is 0. The fourth-order valence-corrected chi connectivity index (χ4v) is 1.73. The van der Waals surface area contributed by atoms with Crippen LogP contribution in [0.4, 0.5) is 0 Å². The molecule has 2 amide bonds. The van der Waals surface area contributed by atoms with E-state index < -0.39 is 0 Å². The van der Waals surface area contributed by atoms with Gasteiger partial charge in [-0.05, 0) is 5.92 Å². The fourth-order valence-electron chi connectivity index (χ4n) is 1.73. The molecular weight excluding hydrogens is 206 g/mol. The number of carbonyl (C=O) groups excluding carboxylic acids is 3. The summed E-state index contributed by atoms with van der Waals surface area (Å²) >= 11 is 0. The van der Waals surface area contributed by atoms with Gasteiger partial charge in [-0.3, -0.25) is 19.3 Å². The zero-order valence-corrected chi connectivity index (χ0v) is 10.3. The van der Waals surface area contributed by atoms with E-state index >= 15 is 0 Å². The van der Waals surface area contributed by atoms with E-state index in [0.717, 1.165) is 4.90 Å². The van der Waals surface area contributed by atoms with Crippen molar-refractivity contribution in [3.8, 4) is 0 Å². The molecule has 4 nitrogen and oxygen atoms in total. The molecule has 1 aliphatic heterocycles. The van der Waals surface area contributed by atoms with Gasteiger partial charge in [0.1, 0.15) is 0 Å². The lowest BCUT2D eigenvalue weighted by Gasteiger charge is -2.16. The third-order valence-electron chi connectivity index (χ3n) is 3.04. The lowest BCUT2D eigenvalue weighted by molar-refractivity contribution is -0.143. The monoisotopic (exact) mass is 225 g/mol. The molecule has 90 valence electrons. The summed E-state index contributed by atoms with van der Waals surface area (Å²) in [6.07, 6.45) is 0.252. The highest BCUT2D eigenvalue weighted by molar-refractivity contribution is 6.06. The predicted molar refractivity (Wildman–Crippen MR) is 59.5 cm³/mol. The molecule has 0 aliphatic carbocycles. The first-order chi connectivity index (χ1) is 7.34. The molecule has 0 aromatic rings. The first kappa shape index (κ1) is 12.9. The molecule has 1 atom stereocenters. The Morgan fingerprint density at radius 2 is 1.88 bits per heavy atom. The minimum Gasteiger partial charge on any atom is -0.297 e. The van der Waals surface area contributed by atoms with E-state index in [0.29, 0.717) is 0 Å². The minimum absolute atomic E-state index is 0.0570. The number of Topliss-reactive ketones (excluding diaryl/α,β-unsaturated/α-hetero) is 1. The van der Waals surface area contributed by atoms with Gasteiger partial charge in [0.2, 0.25) is 11.8 Å². The Kier molecular flexibility index (Phi) is 3.83. The Morgan fingerprint density at radius 3 is 2.25 bits per heavy atom. The maximum absolute atomic E-state index is 11.9. The number of hydrogen-bond donors (Lipinski definition) is 0. The highest BCUT2D eigenvalue weighted by Gasteiger charge is 2.40. The van der Waals surface area contributed by atoms with Gasteiger partial charge in [0, 0.05) is 18.3 Å². The zero-order chi connectivity index (χ0) is 12.5. The number of hydrogen-bond acceptors (Lipinski definition) is 3. The topological polar surface area (TPSA) is 54.5 Å². The molecule has 1 aliphatic rings. The summed E-state index contributed by atoms with van der Waals surface area (Å²) in [6.45, 7) is 7.33. The maximum Gasteiger partial charge on any atom is 0.233 e. The van der Waals surface area contributed by atoms with E-state index in [9.17, 15) is 14.4 Å². The second-order valence-electron chi connectivity index (χ2n) is 4.99. The van der Waals surface area contributed by atoms with Gasteiger partial charge in [0.05, 0.1) is 6.54 Å². The Hall–Kier alpha value is -1.19. The van der Waals surface area contributed by atoms with Crippen LogP contribution in [0.1, 0.15) is 34.1 Å². The molecule has 16 heavy (non-hydrogen) atoms. The van der Waals surface area contributed by atoms with Crippen molar-refractivity contribution in [1.29, 1.82) is 0 Å². The number of likely N-dealkylation sites (tertiary alicyclic amines) is 1. The third kappa shape index (κ3) is 2.49. The smallest absolute Gasteiger partial charge is 0.233 e. The molecule has 1 heterocycles. The molecule has 0 bridgehead atoms. The second-order valence-corrected chi connectivity index (χ2v) is 4.99. The van der Waals surface area contributed by atoms with Crippen molar-refractivity contribution in [2.24, 2.45) is 17.8 Å². The lowest BCUT2D eigenvalue weighted by atomic mass is 9.94. The van der Waals surface area contributed by atoms with Crippen LogP contribution in [0, 0.1) is 17.8 Å². The van der Waals surface area contributed by atoms with E-state index in [4.69, 9.17) is 0 Å². The van der Waals surface area contributed by atoms with E-state index in [1.165, 1.54) is 0 Å². The Balaban J connectivity index is 2.72. The average molecular weight is 225 g/mol. The number of carbonyl (C=O) groups is 3. The minimum atomic E-state index is -0.243. The van der Waals surface area contributed by atoms with Crippen molar-refractivity contribution < 1.29 is 14.4 Å². The number of nitrogens with zero attached hydrogens (tertiary/aromatic N) is 1. The molecule has 1 rings (SSSR count). The Bertz CT molecular complexity index is 320. The van der Waals surface area contributed by atoms with Crippen LogP contribution in [0.15, 0.2) is 0 Å². The van der Waals surface area contributed by atoms with E-state index in [1.54, 1.807) is 13.8 Å². The summed E-state index contributed by atoms with van der Waals surface area (Å²) < 4.78 is 0. The van der Waals surface area contributed by atoms with Gasteiger partial charge in [-0.1, -0.05) is 27.7 Å². The number of rotatable bonds is 4. The number of ketones is 1. The Morgan fingerprint density at radius 1 is 1.31 bits per heavy atom. The van der Waals surface area contributed by atoms with Gasteiger partial charge in [-0.15, -0.1) is 0 Å². The molecule has 0 aromatic carbocycles. The largest absolute Gasteiger partial charge is 0.297 e. The highest BCUT2D eigenvalue weighted by atomic mass is 16.2. The molecule has 1 saturated heterocycles. The standard InChI is InChI=1S/C12H19NO3/c1-7(2)9-5-11(15)13(12(9)16)6-10(14)8(3)4/h7-9H,5-6H2,1-4H3. The molecule has 0 spiro atoms. The van der Waals surface area contributed by atoms with Gasteiger partial charge >= 0.3 is 0 Å². The van der Waals surface area contributed by atoms with Crippen LogP contribution in [0.5, 0.6) is 0 Å². The fraction of sp³-hybridized carbons (Fsp3) is 0.750. The summed E-state index contributed by atoms with van der Waals surface area (Å²) in [7, 11) is 0. The average Bonchev–Trinajstić information content (AvgIpc) is 2.45. The molecular formula is C12H19NO3. The first-order valence-corrected chi connectivity index (χ1v) is 5.71. The Labute approximate surface area is 96.0 Å². The number of imide groups is 1. The van der Waals surface area contributed by atoms with Crippen molar-refractivity contribution >= 4 is 17.6 Å². The van der Waals surface area contributed by atoms with E-state index in [1.807, 2.05) is 13.8 Å². The van der Waals surface area contributed by atoms with Crippen molar-refractivity contribution in [3.63, 3.8) is 0 Å². The summed E-state index contributed by atoms with van der Waals surface area (Å²) in [4.78, 5) is 36.1. The van der Waals surface area contributed by atoms with Crippen molar-refractivity contribution in [1.82, 2.24) is 4.90 Å². The van der Waals surface area contributed by atoms with Gasteiger partial charge in [0.25, 0.3) is 0 Å². The first-order valence-electron chi connectivity index (χ1n) is 5.71. The summed E-state index contributed by atoms with van der Waals surface area (Å²) in [5.41, 5.74) is 0. The molecule has 4 heteroatoms. The van der Waals surface area contributed by atoms with Crippen molar-refractivity contribution in [3.05, 3.63) is 0 Å². The second kappa shape index (κ2) is 4.76. The van der Waals surface area contributed by atoms with Crippen LogP contribution in [0.3, 0.4) is 0 Å². The highest BCUT2D eigenvalue weighted by Crippen LogP contribution is 2.26. The van der Waals surface area contributed by atoms with Crippen LogP contribution in [-0.4, -0.2) is 29.0 Å². The SMILES string of the molecule is CC(C)C(=O)CN1C(=O)CC(C(C)C)C1=O. The third-order valence-corrected chi connectivity index (χ3v) is 3.04. The van der Waals surface area contributed by atoms with Gasteiger partial charge in [0.15, 0.2) is 5.78 Å². The van der Waals surface area contributed by atoms with Crippen LogP contribution < -0.4 is 0 Å². The van der Waals surface area contributed by atoms with E-state index in [-0.39, 0.29) is 48.3 Å². The number of amides is 2. The van der Waals surface area contributed by atoms with E-state index in [2.05, 4.69) is 0 Å². The molecule has 0 N–H and O–H groups in total. The maximum atomic E-state index is 11.9. The molecule has 1 unspecified atom stereocenters. The van der Waals surface area contributed by atoms with Crippen molar-refractivity contribution in [2.45, 2.75) is 34.1 Å². The molecule has 0 aromatic heterocycles. The molecule has 1 fully saturated rings. The normalized spacial score (nSPS) is 21.4. The van der Waals surface area contributed by atoms with Gasteiger partial charge < -0.3 is 0 Å². The van der Waals surface area contributed by atoms with Crippen molar-refractivity contribution in [2.75, 3.05) is 6.54 Å². The zero-order valence-electron chi connectivity index (χ0n) is 10.3. The van der Waals surface area contributed by atoms with Crippen LogP contribution >= 0.6 is 0 Å². The molecule has 0 radical (unpaired) electrons. The molecule has 0 saturated carbocycles. The lowest BCUT2D eigenvalue weighted by Crippen LogP contribution is -2.37. The summed E-state index contributed by atoms with van der Waals surface area (Å²) in [6, 6.07) is 0. The van der Waals surface area contributed by atoms with Crippen LogP contribution in [0.25, 0.3) is 0 Å². The van der Waals surface area contributed by atoms with Crippen LogP contribution in [0.2, 0.25) is 0 Å². The predicted octanol–water partition coefficient (Wildman–Crippen LogP) is 1.24. The quantitative estimate of drug-likeness (QED) is 0.676. The summed E-state index contributed by atoms with van der Waals surface area (Å²) in [5.74, 6) is -0.695.